The molecule has 7 heteroatoms. The summed E-state index contributed by atoms with van der Waals surface area (Å²) in [6.45, 7) is 6.57. The van der Waals surface area contributed by atoms with Gasteiger partial charge in [0.25, 0.3) is 0 Å². The quantitative estimate of drug-likeness (QED) is 0.539. The van der Waals surface area contributed by atoms with Crippen LogP contribution in [0.4, 0.5) is 0 Å². The lowest BCUT2D eigenvalue weighted by Crippen LogP contribution is -2.57. The molecular weight excluding hydrogens is 290 g/mol. The molecule has 0 spiro atoms. The van der Waals surface area contributed by atoms with E-state index in [2.05, 4.69) is 0 Å². The van der Waals surface area contributed by atoms with Gasteiger partial charge in [-0.3, -0.25) is 14.4 Å². The van der Waals surface area contributed by atoms with Crippen molar-refractivity contribution in [2.24, 2.45) is 5.41 Å². The van der Waals surface area contributed by atoms with Gasteiger partial charge in [-0.15, -0.1) is 0 Å². The zero-order valence-corrected chi connectivity index (χ0v) is 13.5. The number of hydroxylamine groups is 2. The number of fused-ring (bicyclic) bond motifs is 1. The van der Waals surface area contributed by atoms with Crippen molar-refractivity contribution < 1.29 is 28.6 Å². The molecule has 0 bridgehead atoms. The van der Waals surface area contributed by atoms with Crippen LogP contribution in [0.25, 0.3) is 0 Å². The van der Waals surface area contributed by atoms with Crippen LogP contribution < -0.4 is 0 Å². The summed E-state index contributed by atoms with van der Waals surface area (Å²) < 4.78 is 16.0. The second-order valence-corrected chi connectivity index (χ2v) is 5.35. The molecule has 0 aromatic carbocycles. The molecule has 7 nitrogen and oxygen atoms in total. The van der Waals surface area contributed by atoms with Crippen molar-refractivity contribution in [2.45, 2.75) is 52.4 Å². The van der Waals surface area contributed by atoms with Crippen molar-refractivity contribution in [3.63, 3.8) is 0 Å². The van der Waals surface area contributed by atoms with E-state index in [0.29, 0.717) is 19.6 Å². The summed E-state index contributed by atoms with van der Waals surface area (Å²) in [5.74, 6) is -1.25. The minimum atomic E-state index is -1.57. The van der Waals surface area contributed by atoms with Crippen LogP contribution in [0.1, 0.15) is 40.0 Å². The van der Waals surface area contributed by atoms with Crippen LogP contribution in [-0.4, -0.2) is 55.7 Å². The first-order valence-corrected chi connectivity index (χ1v) is 8.02. The van der Waals surface area contributed by atoms with Crippen molar-refractivity contribution in [2.75, 3.05) is 26.4 Å². The Balaban J connectivity index is 2.43. The zero-order chi connectivity index (χ0) is 16.2. The van der Waals surface area contributed by atoms with Crippen LogP contribution in [0.3, 0.4) is 0 Å². The number of ether oxygens (including phenoxy) is 3. The molecule has 126 valence electrons. The molecule has 2 atom stereocenters. The normalized spacial score (nSPS) is 27.2. The zero-order valence-electron chi connectivity index (χ0n) is 13.5. The van der Waals surface area contributed by atoms with Gasteiger partial charge in [-0.1, -0.05) is 6.42 Å². The highest BCUT2D eigenvalue weighted by atomic mass is 16.8. The van der Waals surface area contributed by atoms with Crippen molar-refractivity contribution in [1.82, 2.24) is 5.06 Å². The van der Waals surface area contributed by atoms with Crippen molar-refractivity contribution >= 4 is 11.9 Å². The summed E-state index contributed by atoms with van der Waals surface area (Å²) in [5.41, 5.74) is -1.57. The molecule has 2 saturated heterocycles. The summed E-state index contributed by atoms with van der Waals surface area (Å²) in [4.78, 5) is 31.2. The maximum absolute atomic E-state index is 12.7. The summed E-state index contributed by atoms with van der Waals surface area (Å²) >= 11 is 0. The van der Waals surface area contributed by atoms with E-state index in [9.17, 15) is 9.59 Å². The monoisotopic (exact) mass is 315 g/mol. The number of carbonyl (C=O) groups is 2. The molecule has 0 aliphatic carbocycles. The molecule has 0 N–H and O–H groups in total. The third-order valence-corrected chi connectivity index (χ3v) is 4.13. The minimum Gasteiger partial charge on any atom is -0.465 e. The Morgan fingerprint density at radius 3 is 2.27 bits per heavy atom. The average molecular weight is 315 g/mol. The Morgan fingerprint density at radius 2 is 1.73 bits per heavy atom. The van der Waals surface area contributed by atoms with E-state index in [-0.39, 0.29) is 13.2 Å². The lowest BCUT2D eigenvalue weighted by Gasteiger charge is -2.35. The highest BCUT2D eigenvalue weighted by Gasteiger charge is 2.69. The van der Waals surface area contributed by atoms with Gasteiger partial charge in [0.05, 0.1) is 19.3 Å². The van der Waals surface area contributed by atoms with Crippen LogP contribution in [0.5, 0.6) is 0 Å². The molecule has 22 heavy (non-hydrogen) atoms. The van der Waals surface area contributed by atoms with E-state index in [1.165, 1.54) is 0 Å². The Bertz CT molecular complexity index is 395. The van der Waals surface area contributed by atoms with Gasteiger partial charge < -0.3 is 14.2 Å². The SMILES string of the molecule is CCOC(=O)C1(C(=O)OCC)[C@@H](OCC)ON2CCCC[C@@H]21. The number of rotatable bonds is 6. The second kappa shape index (κ2) is 7.39. The molecule has 0 aromatic rings. The standard InChI is InChI=1S/C15H25NO6/c1-4-19-12(17)15(13(18)20-5-2)11-9-7-8-10-16(11)22-14(15)21-6-3/h11,14H,4-10H2,1-3H3/t11-,14+/m1/s1. The molecule has 2 aliphatic rings. The van der Waals surface area contributed by atoms with Crippen LogP contribution in [0, 0.1) is 5.41 Å². The number of hydrogen-bond acceptors (Lipinski definition) is 7. The first kappa shape index (κ1) is 17.2. The topological polar surface area (TPSA) is 74.3 Å². The first-order chi connectivity index (χ1) is 10.6. The third-order valence-electron chi connectivity index (χ3n) is 4.13. The summed E-state index contributed by atoms with van der Waals surface area (Å²) in [6, 6.07) is -0.407. The number of nitrogens with zero attached hydrogens (tertiary/aromatic N) is 1. The van der Waals surface area contributed by atoms with Crippen molar-refractivity contribution in [3.05, 3.63) is 0 Å². The fraction of sp³-hybridized carbons (Fsp3) is 0.867. The predicted molar refractivity (Wildman–Crippen MR) is 76.5 cm³/mol. The lowest BCUT2D eigenvalue weighted by molar-refractivity contribution is -0.253. The van der Waals surface area contributed by atoms with E-state index in [1.807, 2.05) is 0 Å². The van der Waals surface area contributed by atoms with Crippen LogP contribution >= 0.6 is 0 Å². The van der Waals surface area contributed by atoms with Gasteiger partial charge >= 0.3 is 11.9 Å². The Morgan fingerprint density at radius 1 is 1.09 bits per heavy atom. The number of piperidine rings is 1. The summed E-state index contributed by atoms with van der Waals surface area (Å²) in [6.07, 6.45) is 1.54. The second-order valence-electron chi connectivity index (χ2n) is 5.35. The number of hydrogen-bond donors (Lipinski definition) is 0. The summed E-state index contributed by atoms with van der Waals surface area (Å²) in [7, 11) is 0. The molecule has 0 aromatic heterocycles. The van der Waals surface area contributed by atoms with E-state index in [0.717, 1.165) is 12.8 Å². The smallest absolute Gasteiger partial charge is 0.330 e. The molecule has 0 radical (unpaired) electrons. The molecular formula is C15H25NO6. The first-order valence-electron chi connectivity index (χ1n) is 8.02. The maximum atomic E-state index is 12.7. The van der Waals surface area contributed by atoms with Gasteiger partial charge in [-0.05, 0) is 33.6 Å². The van der Waals surface area contributed by atoms with E-state index < -0.39 is 29.7 Å². The average Bonchev–Trinajstić information content (AvgIpc) is 2.83. The number of carbonyl (C=O) groups excluding carboxylic acids is 2. The highest BCUT2D eigenvalue weighted by molar-refractivity contribution is 6.02. The van der Waals surface area contributed by atoms with Gasteiger partial charge in [0.15, 0.2) is 0 Å². The van der Waals surface area contributed by atoms with E-state index in [1.54, 1.807) is 25.8 Å². The molecule has 2 aliphatic heterocycles. The van der Waals surface area contributed by atoms with E-state index >= 15 is 0 Å². The molecule has 2 fully saturated rings. The van der Waals surface area contributed by atoms with Crippen molar-refractivity contribution in [3.8, 4) is 0 Å². The summed E-state index contributed by atoms with van der Waals surface area (Å²) in [5, 5.41) is 1.69. The van der Waals surface area contributed by atoms with Gasteiger partial charge in [0.1, 0.15) is 0 Å². The van der Waals surface area contributed by atoms with Crippen LogP contribution in [0.15, 0.2) is 0 Å². The van der Waals surface area contributed by atoms with Crippen LogP contribution in [0.2, 0.25) is 0 Å². The molecule has 0 amide bonds. The van der Waals surface area contributed by atoms with Gasteiger partial charge in [0.2, 0.25) is 11.7 Å². The fourth-order valence-electron chi connectivity index (χ4n) is 3.21. The lowest BCUT2D eigenvalue weighted by atomic mass is 9.76. The van der Waals surface area contributed by atoms with Gasteiger partial charge in [0, 0.05) is 13.2 Å². The maximum Gasteiger partial charge on any atom is 0.330 e. The third kappa shape index (κ3) is 2.73. The van der Waals surface area contributed by atoms with Gasteiger partial charge in [-0.25, -0.2) is 0 Å². The van der Waals surface area contributed by atoms with Crippen LogP contribution in [-0.2, 0) is 28.6 Å². The van der Waals surface area contributed by atoms with Gasteiger partial charge in [-0.2, -0.15) is 5.06 Å². The highest BCUT2D eigenvalue weighted by Crippen LogP contribution is 2.46. The minimum absolute atomic E-state index is 0.186. The Kier molecular flexibility index (Phi) is 5.77. The Hall–Kier alpha value is -1.18. The molecule has 2 rings (SSSR count). The van der Waals surface area contributed by atoms with Crippen molar-refractivity contribution in [1.29, 1.82) is 0 Å². The predicted octanol–water partition coefficient (Wildman–Crippen LogP) is 1.26. The van der Waals surface area contributed by atoms with E-state index in [4.69, 9.17) is 19.0 Å². The molecule has 2 heterocycles. The Labute approximate surface area is 130 Å². The molecule has 0 saturated carbocycles. The molecule has 0 unspecified atom stereocenters. The fourth-order valence-corrected chi connectivity index (χ4v) is 3.21. The largest absolute Gasteiger partial charge is 0.465 e. The number of esters is 2.